The van der Waals surface area contributed by atoms with Crippen LogP contribution < -0.4 is 14.2 Å². The van der Waals surface area contributed by atoms with Crippen molar-refractivity contribution in [2.45, 2.75) is 30.7 Å². The Morgan fingerprint density at radius 1 is 0.914 bits per heavy atom. The Morgan fingerprint density at radius 3 is 2.23 bits per heavy atom. The molecule has 188 valence electrons. The maximum Gasteiger partial charge on any atom is 0.402 e. The van der Waals surface area contributed by atoms with Crippen molar-refractivity contribution in [3.05, 3.63) is 30.3 Å². The molecular formula is C23H25O12+. The first-order chi connectivity index (χ1) is 19.0. The van der Waals surface area contributed by atoms with Crippen LogP contribution in [0.1, 0.15) is 8.22 Å². The highest BCUT2D eigenvalue weighted by molar-refractivity contribution is 5.88. The van der Waals surface area contributed by atoms with Gasteiger partial charge >= 0.3 is 11.3 Å². The normalized spacial score (nSPS) is 27.6. The van der Waals surface area contributed by atoms with Gasteiger partial charge in [0.05, 0.1) is 40.5 Å². The maximum atomic E-state index is 10.5. The summed E-state index contributed by atoms with van der Waals surface area (Å²) in [5.41, 5.74) is -0.395. The zero-order valence-electron chi connectivity index (χ0n) is 23.7. The molecule has 0 spiro atoms. The van der Waals surface area contributed by atoms with E-state index in [1.807, 2.05) is 0 Å². The zero-order valence-corrected chi connectivity index (χ0v) is 17.7. The zero-order chi connectivity index (χ0) is 30.4. The number of fused-ring (bicyclic) bond motifs is 1. The highest BCUT2D eigenvalue weighted by atomic mass is 16.7. The molecule has 1 aliphatic rings. The van der Waals surface area contributed by atoms with Crippen molar-refractivity contribution < 1.29 is 67.3 Å². The molecule has 0 radical (unpaired) electrons. The highest BCUT2D eigenvalue weighted by Crippen LogP contribution is 2.45. The Hall–Kier alpha value is -3.55. The number of aromatic hydroxyl groups is 3. The van der Waals surface area contributed by atoms with Crippen molar-refractivity contribution in [2.24, 2.45) is 0 Å². The molecule has 5 atom stereocenters. The molecule has 1 saturated heterocycles. The third-order valence-corrected chi connectivity index (χ3v) is 5.43. The van der Waals surface area contributed by atoms with Gasteiger partial charge in [-0.25, -0.2) is 4.42 Å². The first-order valence-corrected chi connectivity index (χ1v) is 10.0. The van der Waals surface area contributed by atoms with Gasteiger partial charge in [0, 0.05) is 24.3 Å². The van der Waals surface area contributed by atoms with Crippen LogP contribution in [0.25, 0.3) is 22.3 Å². The van der Waals surface area contributed by atoms with Gasteiger partial charge in [0.25, 0.3) is 0 Å². The lowest BCUT2D eigenvalue weighted by Gasteiger charge is -2.39. The molecule has 0 saturated carbocycles. The number of phenolic OH excluding ortho intramolecular Hbond substituents is 3. The second-order valence-electron chi connectivity index (χ2n) is 7.66. The maximum absolute atomic E-state index is 10.5. The van der Waals surface area contributed by atoms with E-state index in [9.17, 15) is 35.7 Å². The van der Waals surface area contributed by atoms with Crippen LogP contribution in [0.4, 0.5) is 0 Å². The highest BCUT2D eigenvalue weighted by Gasteiger charge is 2.45. The van der Waals surface area contributed by atoms with Crippen LogP contribution in [0.15, 0.2) is 34.7 Å². The number of ether oxygens (including phenoxy) is 4. The molecule has 12 nitrogen and oxygen atoms in total. The van der Waals surface area contributed by atoms with E-state index in [0.717, 1.165) is 30.3 Å². The second kappa shape index (κ2) is 9.60. The molecule has 1 fully saturated rings. The molecule has 2 heterocycles. The van der Waals surface area contributed by atoms with E-state index in [-0.39, 0.29) is 28.0 Å². The lowest BCUT2D eigenvalue weighted by Crippen LogP contribution is -2.60. The van der Waals surface area contributed by atoms with Gasteiger partial charge in [0.2, 0.25) is 17.8 Å². The molecule has 7 N–H and O–H groups in total. The fourth-order valence-corrected chi connectivity index (χ4v) is 3.63. The van der Waals surface area contributed by atoms with Crippen LogP contribution in [0, 0.1) is 0 Å². The Bertz CT molecular complexity index is 1390. The number of methoxy groups -OCH3 is 2. The fraction of sp³-hybridized carbons (Fsp3) is 0.348. The minimum Gasteiger partial charge on any atom is -0.507 e. The number of benzene rings is 2. The van der Waals surface area contributed by atoms with Crippen molar-refractivity contribution in [3.63, 3.8) is 0 Å². The van der Waals surface area contributed by atoms with Crippen LogP contribution in [-0.2, 0) is 4.74 Å². The Labute approximate surface area is 206 Å². The van der Waals surface area contributed by atoms with Crippen molar-refractivity contribution >= 4 is 11.0 Å². The van der Waals surface area contributed by atoms with E-state index in [1.54, 1.807) is 0 Å². The van der Waals surface area contributed by atoms with Gasteiger partial charge in [-0.1, -0.05) is 0 Å². The molecule has 2 aromatic carbocycles. The lowest BCUT2D eigenvalue weighted by molar-refractivity contribution is -0.277. The van der Waals surface area contributed by atoms with Crippen molar-refractivity contribution in [2.75, 3.05) is 20.7 Å². The summed E-state index contributed by atoms with van der Waals surface area (Å²) in [5.74, 6) is -4.16. The summed E-state index contributed by atoms with van der Waals surface area (Å²) < 4.78 is 70.9. The van der Waals surface area contributed by atoms with Crippen LogP contribution in [0.5, 0.6) is 34.5 Å². The summed E-state index contributed by atoms with van der Waals surface area (Å²) in [6.07, 6.45) is -8.54. The Balaban J connectivity index is 1.93. The summed E-state index contributed by atoms with van der Waals surface area (Å²) in [7, 11) is -6.22. The van der Waals surface area contributed by atoms with Gasteiger partial charge < -0.3 is 54.7 Å². The van der Waals surface area contributed by atoms with Crippen molar-refractivity contribution in [3.8, 4) is 45.8 Å². The number of hydrogen-bond acceptors (Lipinski definition) is 11. The topological polar surface area (TPSA) is 190 Å². The summed E-state index contributed by atoms with van der Waals surface area (Å²) in [4.78, 5) is 0. The van der Waals surface area contributed by atoms with E-state index >= 15 is 0 Å². The van der Waals surface area contributed by atoms with E-state index in [2.05, 4.69) is 0 Å². The molecule has 35 heavy (non-hydrogen) atoms. The minimum atomic E-state index is -3.11. The number of hydrogen-bond donors (Lipinski definition) is 7. The molecule has 3 aromatic rings. The van der Waals surface area contributed by atoms with Gasteiger partial charge in [-0.2, -0.15) is 0 Å². The van der Waals surface area contributed by atoms with E-state index in [1.165, 1.54) is 0 Å². The van der Waals surface area contributed by atoms with Gasteiger partial charge in [0.1, 0.15) is 41.3 Å². The summed E-state index contributed by atoms with van der Waals surface area (Å²) in [5, 5.41) is 71.0. The molecule has 1 aromatic heterocycles. The molecule has 12 heteroatoms. The smallest absolute Gasteiger partial charge is 0.402 e. The first-order valence-electron chi connectivity index (χ1n) is 13.0. The Morgan fingerprint density at radius 2 is 1.60 bits per heavy atom. The molecule has 0 bridgehead atoms. The van der Waals surface area contributed by atoms with Gasteiger partial charge in [-0.3, -0.25) is 0 Å². The standard InChI is InChI=1S/C23H24O12/c1-31-14-3-9(4-15(32-2)18(14)27)22-16(7-11-12(26)5-10(25)6-13(11)33-22)34-23-21(30)20(29)19(28)17(8-24)35-23/h3-7,17,19-21,23-24,28-30H,8H2,1-2H3,(H2-,25,26,27)/p+1/t17-,19-,20+,21-,23-/m1/s1/i1D3,2D3. The van der Waals surface area contributed by atoms with Crippen LogP contribution in [0.2, 0.25) is 0 Å². The fourth-order valence-electron chi connectivity index (χ4n) is 3.63. The van der Waals surface area contributed by atoms with E-state index in [0.29, 0.717) is 0 Å². The summed E-state index contributed by atoms with van der Waals surface area (Å²) in [6.45, 7) is -0.774. The first kappa shape index (κ1) is 17.8. The number of aliphatic hydroxyl groups is 4. The third kappa shape index (κ3) is 4.45. The summed E-state index contributed by atoms with van der Waals surface area (Å²) >= 11 is 0. The Kier molecular flexibility index (Phi) is 4.89. The van der Waals surface area contributed by atoms with Crippen molar-refractivity contribution in [1.82, 2.24) is 0 Å². The molecular weight excluding hydrogens is 468 g/mol. The molecule has 0 aliphatic carbocycles. The lowest BCUT2D eigenvalue weighted by atomic mass is 9.99. The number of phenols is 3. The summed E-state index contributed by atoms with van der Waals surface area (Å²) in [6, 6.07) is 5.07. The van der Waals surface area contributed by atoms with E-state index < -0.39 is 80.1 Å². The predicted octanol–water partition coefficient (Wildman–Crippen LogP) is 0.694. The SMILES string of the molecule is [2H]C([2H])([2H])Oc1cc(-c2[o+]c3cc(O)cc(O)c3cc2O[C@@H]2O[C@H](CO)[C@@H](O)[C@H](O)[C@H]2O)cc(OC([2H])([2H])[2H])c1O. The molecule has 4 rings (SSSR count). The number of rotatable bonds is 6. The minimum absolute atomic E-state index is 0.0529. The van der Waals surface area contributed by atoms with Crippen LogP contribution >= 0.6 is 0 Å². The second-order valence-corrected chi connectivity index (χ2v) is 7.66. The molecule has 0 unspecified atom stereocenters. The largest absolute Gasteiger partial charge is 0.507 e. The number of aliphatic hydroxyl groups excluding tert-OH is 4. The van der Waals surface area contributed by atoms with Crippen LogP contribution in [0.3, 0.4) is 0 Å². The van der Waals surface area contributed by atoms with Gasteiger partial charge in [-0.05, 0) is 0 Å². The predicted molar refractivity (Wildman–Crippen MR) is 119 cm³/mol. The average molecular weight is 499 g/mol. The average Bonchev–Trinajstić information content (AvgIpc) is 2.85. The van der Waals surface area contributed by atoms with Gasteiger partial charge in [-0.15, -0.1) is 0 Å². The van der Waals surface area contributed by atoms with Crippen LogP contribution in [-0.4, -0.2) is 87.1 Å². The monoisotopic (exact) mass is 499 g/mol. The van der Waals surface area contributed by atoms with E-state index in [4.69, 9.17) is 31.6 Å². The quantitative estimate of drug-likeness (QED) is 0.235. The van der Waals surface area contributed by atoms with Gasteiger partial charge in [0.15, 0.2) is 11.5 Å². The molecule has 0 amide bonds. The third-order valence-electron chi connectivity index (χ3n) is 5.43. The molecule has 1 aliphatic heterocycles. The van der Waals surface area contributed by atoms with Crippen molar-refractivity contribution in [1.29, 1.82) is 0 Å².